The maximum Gasteiger partial charge on any atom is 0.255 e. The lowest BCUT2D eigenvalue weighted by molar-refractivity contribution is 0.522. The molecule has 2 N–H and O–H groups in total. The van der Waals surface area contributed by atoms with Gasteiger partial charge < -0.3 is 10.3 Å². The predicted molar refractivity (Wildman–Crippen MR) is 75.0 cm³/mol. The van der Waals surface area contributed by atoms with Gasteiger partial charge in [0, 0.05) is 30.0 Å². The highest BCUT2D eigenvalue weighted by Crippen LogP contribution is 2.07. The minimum atomic E-state index is -0.0263. The standard InChI is InChI=1S/C14H20N4O/c1-10(2)18-7-6-13(16-18)9-17-11(3)4-5-12(8-15)14(17)19/h4-7,10H,8-9,15H2,1-3H3. The van der Waals surface area contributed by atoms with Gasteiger partial charge in [0.05, 0.1) is 12.2 Å². The SMILES string of the molecule is Cc1ccc(CN)c(=O)n1Cc1ccn(C(C)C)n1. The first kappa shape index (κ1) is 13.5. The number of aryl methyl sites for hydroxylation is 1. The second-order valence-electron chi connectivity index (χ2n) is 4.98. The molecule has 0 radical (unpaired) electrons. The Morgan fingerprint density at radius 2 is 2.05 bits per heavy atom. The van der Waals surface area contributed by atoms with Crippen LogP contribution in [0.15, 0.2) is 29.2 Å². The molecule has 0 bridgehead atoms. The molecule has 5 nitrogen and oxygen atoms in total. The van der Waals surface area contributed by atoms with E-state index in [1.54, 1.807) is 10.6 Å². The summed E-state index contributed by atoms with van der Waals surface area (Å²) in [6.45, 7) is 6.81. The van der Waals surface area contributed by atoms with Crippen molar-refractivity contribution in [1.29, 1.82) is 0 Å². The van der Waals surface area contributed by atoms with E-state index in [1.165, 1.54) is 0 Å². The van der Waals surface area contributed by atoms with Gasteiger partial charge in [-0.05, 0) is 32.9 Å². The van der Waals surface area contributed by atoms with Gasteiger partial charge in [-0.25, -0.2) is 0 Å². The molecule has 2 aromatic rings. The van der Waals surface area contributed by atoms with E-state index in [4.69, 9.17) is 5.73 Å². The molecule has 5 heteroatoms. The smallest absolute Gasteiger partial charge is 0.255 e. The van der Waals surface area contributed by atoms with Crippen molar-refractivity contribution in [2.45, 2.75) is 39.9 Å². The highest BCUT2D eigenvalue weighted by molar-refractivity contribution is 5.16. The first-order valence-corrected chi connectivity index (χ1v) is 6.46. The second-order valence-corrected chi connectivity index (χ2v) is 4.98. The Kier molecular flexibility index (Phi) is 3.85. The van der Waals surface area contributed by atoms with Crippen LogP contribution in [-0.4, -0.2) is 14.3 Å². The molecule has 0 aromatic carbocycles. The zero-order valence-electron chi connectivity index (χ0n) is 11.6. The van der Waals surface area contributed by atoms with Crippen molar-refractivity contribution < 1.29 is 0 Å². The molecule has 0 aliphatic carbocycles. The molecule has 0 unspecified atom stereocenters. The van der Waals surface area contributed by atoms with Gasteiger partial charge in [-0.1, -0.05) is 6.07 Å². The number of hydrogen-bond donors (Lipinski definition) is 1. The van der Waals surface area contributed by atoms with E-state index < -0.39 is 0 Å². The lowest BCUT2D eigenvalue weighted by atomic mass is 10.2. The Balaban J connectivity index is 2.34. The van der Waals surface area contributed by atoms with Gasteiger partial charge in [-0.2, -0.15) is 5.10 Å². The number of nitrogens with zero attached hydrogens (tertiary/aromatic N) is 3. The molecule has 0 aliphatic heterocycles. The van der Waals surface area contributed by atoms with Gasteiger partial charge in [0.1, 0.15) is 0 Å². The molecule has 0 aliphatic rings. The normalized spacial score (nSPS) is 11.2. The fourth-order valence-corrected chi connectivity index (χ4v) is 1.98. The van der Waals surface area contributed by atoms with Crippen LogP contribution >= 0.6 is 0 Å². The number of pyridine rings is 1. The van der Waals surface area contributed by atoms with Gasteiger partial charge >= 0.3 is 0 Å². The zero-order chi connectivity index (χ0) is 14.0. The van der Waals surface area contributed by atoms with Crippen LogP contribution in [0.1, 0.15) is 36.8 Å². The maximum absolute atomic E-state index is 12.2. The van der Waals surface area contributed by atoms with Crippen molar-refractivity contribution in [1.82, 2.24) is 14.3 Å². The number of nitrogens with two attached hydrogens (primary N) is 1. The summed E-state index contributed by atoms with van der Waals surface area (Å²) in [5, 5.41) is 4.47. The molecular weight excluding hydrogens is 240 g/mol. The average molecular weight is 260 g/mol. The highest BCUT2D eigenvalue weighted by atomic mass is 16.1. The van der Waals surface area contributed by atoms with Gasteiger partial charge in [0.25, 0.3) is 5.56 Å². The van der Waals surface area contributed by atoms with Crippen LogP contribution in [-0.2, 0) is 13.1 Å². The lowest BCUT2D eigenvalue weighted by Crippen LogP contribution is -2.27. The van der Waals surface area contributed by atoms with Crippen LogP contribution in [0.5, 0.6) is 0 Å². The Morgan fingerprint density at radius 1 is 1.32 bits per heavy atom. The van der Waals surface area contributed by atoms with Gasteiger partial charge in [-0.15, -0.1) is 0 Å². The highest BCUT2D eigenvalue weighted by Gasteiger charge is 2.08. The molecule has 0 saturated heterocycles. The van der Waals surface area contributed by atoms with Gasteiger partial charge in [0.15, 0.2) is 0 Å². The molecule has 102 valence electrons. The minimum absolute atomic E-state index is 0.0263. The van der Waals surface area contributed by atoms with Crippen LogP contribution in [0.3, 0.4) is 0 Å². The van der Waals surface area contributed by atoms with Crippen molar-refractivity contribution in [3.05, 3.63) is 51.7 Å². The Morgan fingerprint density at radius 3 is 2.63 bits per heavy atom. The first-order chi connectivity index (χ1) is 9.02. The van der Waals surface area contributed by atoms with E-state index in [-0.39, 0.29) is 12.1 Å². The quantitative estimate of drug-likeness (QED) is 0.904. The number of aromatic nitrogens is 3. The lowest BCUT2D eigenvalue weighted by Gasteiger charge is -2.10. The van der Waals surface area contributed by atoms with Crippen molar-refractivity contribution in [3.8, 4) is 0 Å². The summed E-state index contributed by atoms with van der Waals surface area (Å²) < 4.78 is 3.61. The molecule has 0 spiro atoms. The summed E-state index contributed by atoms with van der Waals surface area (Å²) in [7, 11) is 0. The van der Waals surface area contributed by atoms with Crippen LogP contribution < -0.4 is 11.3 Å². The Hall–Kier alpha value is -1.88. The number of hydrogen-bond acceptors (Lipinski definition) is 3. The van der Waals surface area contributed by atoms with Crippen LogP contribution in [0.4, 0.5) is 0 Å². The molecule has 19 heavy (non-hydrogen) atoms. The van der Waals surface area contributed by atoms with E-state index in [1.807, 2.05) is 29.9 Å². The van der Waals surface area contributed by atoms with E-state index in [9.17, 15) is 4.79 Å². The van der Waals surface area contributed by atoms with E-state index >= 15 is 0 Å². The minimum Gasteiger partial charge on any atom is -0.326 e. The summed E-state index contributed by atoms with van der Waals surface area (Å²) in [5.74, 6) is 0. The van der Waals surface area contributed by atoms with Crippen molar-refractivity contribution in [2.24, 2.45) is 5.73 Å². The third-order valence-electron chi connectivity index (χ3n) is 3.20. The summed E-state index contributed by atoms with van der Waals surface area (Å²) in [5.41, 5.74) is 7.98. The molecule has 0 atom stereocenters. The average Bonchev–Trinajstić information content (AvgIpc) is 2.83. The monoisotopic (exact) mass is 260 g/mol. The fourth-order valence-electron chi connectivity index (χ4n) is 1.98. The Labute approximate surface area is 112 Å². The molecular formula is C14H20N4O. The first-order valence-electron chi connectivity index (χ1n) is 6.46. The fraction of sp³-hybridized carbons (Fsp3) is 0.429. The molecule has 0 amide bonds. The van der Waals surface area contributed by atoms with Crippen molar-refractivity contribution in [3.63, 3.8) is 0 Å². The number of rotatable bonds is 4. The largest absolute Gasteiger partial charge is 0.326 e. The van der Waals surface area contributed by atoms with Gasteiger partial charge in [-0.3, -0.25) is 9.48 Å². The molecule has 2 aromatic heterocycles. The molecule has 0 saturated carbocycles. The summed E-state index contributed by atoms with van der Waals surface area (Å²) in [6.07, 6.45) is 1.94. The molecule has 2 heterocycles. The third-order valence-corrected chi connectivity index (χ3v) is 3.20. The maximum atomic E-state index is 12.2. The van der Waals surface area contributed by atoms with Crippen molar-refractivity contribution >= 4 is 0 Å². The van der Waals surface area contributed by atoms with E-state index in [2.05, 4.69) is 18.9 Å². The van der Waals surface area contributed by atoms with E-state index in [0.717, 1.165) is 11.4 Å². The summed E-state index contributed by atoms with van der Waals surface area (Å²) in [6, 6.07) is 5.98. The third kappa shape index (κ3) is 2.76. The molecule has 2 rings (SSSR count). The van der Waals surface area contributed by atoms with E-state index in [0.29, 0.717) is 18.2 Å². The van der Waals surface area contributed by atoms with Gasteiger partial charge in [0.2, 0.25) is 0 Å². The topological polar surface area (TPSA) is 65.8 Å². The van der Waals surface area contributed by atoms with Crippen molar-refractivity contribution in [2.75, 3.05) is 0 Å². The van der Waals surface area contributed by atoms with Crippen LogP contribution in [0.25, 0.3) is 0 Å². The zero-order valence-corrected chi connectivity index (χ0v) is 11.6. The predicted octanol–water partition coefficient (Wildman–Crippen LogP) is 1.44. The molecule has 0 fully saturated rings. The van der Waals surface area contributed by atoms with Crippen LogP contribution in [0, 0.1) is 6.92 Å². The summed E-state index contributed by atoms with van der Waals surface area (Å²) >= 11 is 0. The summed E-state index contributed by atoms with van der Waals surface area (Å²) in [4.78, 5) is 12.2. The second kappa shape index (κ2) is 5.40. The van der Waals surface area contributed by atoms with Crippen LogP contribution in [0.2, 0.25) is 0 Å². The Bertz CT molecular complexity index is 625.